The Hall–Kier alpha value is -2.42. The zero-order valence-corrected chi connectivity index (χ0v) is 13.8. The molecule has 0 spiro atoms. The van der Waals surface area contributed by atoms with Gasteiger partial charge in [-0.2, -0.15) is 8.42 Å². The van der Waals surface area contributed by atoms with Gasteiger partial charge in [0.1, 0.15) is 5.82 Å². The van der Waals surface area contributed by atoms with Gasteiger partial charge in [-0.1, -0.05) is 0 Å². The van der Waals surface area contributed by atoms with E-state index in [1.54, 1.807) is 4.57 Å². The lowest BCUT2D eigenvalue weighted by atomic mass is 10.2. The van der Waals surface area contributed by atoms with E-state index in [0.717, 1.165) is 25.0 Å². The topological polar surface area (TPSA) is 90.3 Å². The number of hydrogen-bond donors (Lipinski definition) is 1. The molecule has 1 aliphatic heterocycles. The van der Waals surface area contributed by atoms with Crippen LogP contribution >= 0.6 is 0 Å². The second kappa shape index (κ2) is 6.23. The fourth-order valence-electron chi connectivity index (χ4n) is 2.60. The number of benzene rings is 1. The molecule has 7 nitrogen and oxygen atoms in total. The van der Waals surface area contributed by atoms with E-state index in [4.69, 9.17) is 4.18 Å². The molecule has 128 valence electrons. The molecular weight excluding hydrogens is 337 g/mol. The van der Waals surface area contributed by atoms with E-state index in [-0.39, 0.29) is 16.6 Å². The van der Waals surface area contributed by atoms with Gasteiger partial charge in [0.05, 0.1) is 6.20 Å². The van der Waals surface area contributed by atoms with Crippen LogP contribution < -0.4 is 9.50 Å². The van der Waals surface area contributed by atoms with Crippen LogP contribution in [0.25, 0.3) is 0 Å². The van der Waals surface area contributed by atoms with Crippen LogP contribution in [0.15, 0.2) is 29.4 Å². The summed E-state index contributed by atoms with van der Waals surface area (Å²) in [5, 5.41) is 2.33. The van der Waals surface area contributed by atoms with E-state index >= 15 is 0 Å². The monoisotopic (exact) mass is 353 g/mol. The van der Waals surface area contributed by atoms with Gasteiger partial charge < -0.3 is 14.1 Å². The first-order valence-corrected chi connectivity index (χ1v) is 8.84. The summed E-state index contributed by atoms with van der Waals surface area (Å²) in [5.41, 5.74) is 0.214. The summed E-state index contributed by atoms with van der Waals surface area (Å²) in [6, 6.07) is 3.52. The maximum absolute atomic E-state index is 14.0. The lowest BCUT2D eigenvalue weighted by Crippen LogP contribution is -2.19. The maximum Gasteiger partial charge on any atom is 0.356 e. The summed E-state index contributed by atoms with van der Waals surface area (Å²) in [5.74, 6) is -0.995. The van der Waals surface area contributed by atoms with Crippen LogP contribution in [0.1, 0.15) is 25.6 Å². The van der Waals surface area contributed by atoms with Crippen molar-refractivity contribution in [3.8, 4) is 5.75 Å². The van der Waals surface area contributed by atoms with Crippen molar-refractivity contribution in [2.24, 2.45) is 0 Å². The van der Waals surface area contributed by atoms with E-state index in [2.05, 4.69) is 10.3 Å². The molecule has 0 fully saturated rings. The maximum atomic E-state index is 14.0. The molecule has 0 saturated heterocycles. The number of nitrogens with zero attached hydrogens (tertiary/aromatic N) is 2. The van der Waals surface area contributed by atoms with Gasteiger partial charge in [0.25, 0.3) is 0 Å². The molecule has 1 aromatic carbocycles. The number of carbonyl (C=O) groups excluding carboxylic acids is 1. The van der Waals surface area contributed by atoms with Gasteiger partial charge >= 0.3 is 10.1 Å². The number of amides is 1. The van der Waals surface area contributed by atoms with Gasteiger partial charge in [0.2, 0.25) is 5.91 Å². The second-order valence-electron chi connectivity index (χ2n) is 5.49. The van der Waals surface area contributed by atoms with E-state index in [1.807, 2.05) is 0 Å². The first kappa shape index (κ1) is 16.4. The minimum absolute atomic E-state index is 0.0810. The molecule has 1 aromatic heterocycles. The molecule has 3 rings (SSSR count). The Balaban J connectivity index is 1.87. The number of imidazole rings is 1. The van der Waals surface area contributed by atoms with Crippen molar-refractivity contribution in [2.75, 3.05) is 5.32 Å². The van der Waals surface area contributed by atoms with E-state index in [0.29, 0.717) is 18.8 Å². The van der Waals surface area contributed by atoms with Crippen LogP contribution in [0.2, 0.25) is 0 Å². The summed E-state index contributed by atoms with van der Waals surface area (Å²) in [4.78, 5) is 15.1. The Kier molecular flexibility index (Phi) is 4.27. The van der Waals surface area contributed by atoms with Crippen LogP contribution in [0, 0.1) is 5.82 Å². The van der Waals surface area contributed by atoms with Gasteiger partial charge in [0, 0.05) is 31.6 Å². The molecule has 2 heterocycles. The first-order valence-electron chi connectivity index (χ1n) is 7.43. The minimum Gasteiger partial charge on any atom is -0.375 e. The number of anilines is 1. The highest BCUT2D eigenvalue weighted by Gasteiger charge is 2.27. The number of hydrogen-bond acceptors (Lipinski definition) is 5. The van der Waals surface area contributed by atoms with Crippen LogP contribution in [0.5, 0.6) is 5.75 Å². The third-order valence-corrected chi connectivity index (χ3v) is 4.88. The average Bonchev–Trinajstić information content (AvgIpc) is 2.94. The molecule has 1 N–H and O–H groups in total. The largest absolute Gasteiger partial charge is 0.375 e. The van der Waals surface area contributed by atoms with Crippen molar-refractivity contribution in [2.45, 2.75) is 37.8 Å². The van der Waals surface area contributed by atoms with Crippen molar-refractivity contribution in [3.05, 3.63) is 36.0 Å². The number of halogens is 1. The number of rotatable bonds is 4. The molecule has 24 heavy (non-hydrogen) atoms. The normalized spacial score (nSPS) is 14.1. The van der Waals surface area contributed by atoms with Crippen molar-refractivity contribution in [3.63, 3.8) is 0 Å². The quantitative estimate of drug-likeness (QED) is 0.850. The lowest BCUT2D eigenvalue weighted by Gasteiger charge is -2.16. The van der Waals surface area contributed by atoms with Gasteiger partial charge in [-0.15, -0.1) is 0 Å². The van der Waals surface area contributed by atoms with E-state index < -0.39 is 21.7 Å². The number of fused-ring (bicyclic) bond motifs is 1. The van der Waals surface area contributed by atoms with Crippen LogP contribution in [-0.4, -0.2) is 23.9 Å². The van der Waals surface area contributed by atoms with Gasteiger partial charge in [-0.25, -0.2) is 9.37 Å². The molecule has 2 aromatic rings. The predicted octanol–water partition coefficient (Wildman–Crippen LogP) is 2.08. The third kappa shape index (κ3) is 3.25. The van der Waals surface area contributed by atoms with Crippen LogP contribution in [0.4, 0.5) is 10.1 Å². The molecular formula is C15H16FN3O4S. The second-order valence-corrected chi connectivity index (χ2v) is 6.98. The molecule has 1 amide bonds. The number of nitrogens with one attached hydrogen (secondary N) is 1. The summed E-state index contributed by atoms with van der Waals surface area (Å²) >= 11 is 0. The third-order valence-electron chi connectivity index (χ3n) is 3.64. The Bertz CT molecular complexity index is 892. The molecule has 0 aliphatic carbocycles. The molecule has 0 bridgehead atoms. The summed E-state index contributed by atoms with van der Waals surface area (Å²) in [6.07, 6.45) is 3.75. The Morgan fingerprint density at radius 3 is 2.88 bits per heavy atom. The summed E-state index contributed by atoms with van der Waals surface area (Å²) < 4.78 is 45.4. The van der Waals surface area contributed by atoms with Crippen LogP contribution in [-0.2, 0) is 27.9 Å². The lowest BCUT2D eigenvalue weighted by molar-refractivity contribution is -0.114. The Labute approximate surface area is 138 Å². The predicted molar refractivity (Wildman–Crippen MR) is 83.7 cm³/mol. The average molecular weight is 353 g/mol. The number of carbonyl (C=O) groups is 1. The van der Waals surface area contributed by atoms with Crippen LogP contribution in [0.3, 0.4) is 0 Å². The zero-order valence-electron chi connectivity index (χ0n) is 13.0. The van der Waals surface area contributed by atoms with Gasteiger partial charge in [-0.05, 0) is 25.0 Å². The van der Waals surface area contributed by atoms with E-state index in [1.165, 1.54) is 19.2 Å². The standard InChI is InChI=1S/C15H16FN3O4S/c1-10(20)18-11-5-6-13(12(16)8-11)23-24(21,22)15-9-17-14-4-2-3-7-19(14)15/h5-6,8-9H,2-4,7H2,1H3,(H,18,20). The fourth-order valence-corrected chi connectivity index (χ4v) is 3.70. The molecule has 1 aliphatic rings. The highest BCUT2D eigenvalue weighted by molar-refractivity contribution is 7.87. The molecule has 0 radical (unpaired) electrons. The molecule has 0 atom stereocenters. The summed E-state index contributed by atoms with van der Waals surface area (Å²) in [6.45, 7) is 1.83. The highest BCUT2D eigenvalue weighted by Crippen LogP contribution is 2.26. The number of aromatic nitrogens is 2. The van der Waals surface area contributed by atoms with Crippen molar-refractivity contribution in [1.29, 1.82) is 0 Å². The molecule has 9 heteroatoms. The van der Waals surface area contributed by atoms with Crippen molar-refractivity contribution in [1.82, 2.24) is 9.55 Å². The summed E-state index contributed by atoms with van der Waals surface area (Å²) in [7, 11) is -4.20. The minimum atomic E-state index is -4.20. The number of aryl methyl sites for hydroxylation is 1. The Morgan fingerprint density at radius 2 is 2.17 bits per heavy atom. The van der Waals surface area contributed by atoms with Gasteiger partial charge in [0.15, 0.2) is 16.6 Å². The van der Waals surface area contributed by atoms with E-state index in [9.17, 15) is 17.6 Å². The van der Waals surface area contributed by atoms with Crippen molar-refractivity contribution >= 4 is 21.7 Å². The zero-order chi connectivity index (χ0) is 17.3. The smallest absolute Gasteiger partial charge is 0.356 e. The first-order chi connectivity index (χ1) is 11.4. The molecule has 0 unspecified atom stereocenters. The molecule has 0 saturated carbocycles. The van der Waals surface area contributed by atoms with Crippen molar-refractivity contribution < 1.29 is 21.8 Å². The Morgan fingerprint density at radius 1 is 1.38 bits per heavy atom. The highest BCUT2D eigenvalue weighted by atomic mass is 32.2. The SMILES string of the molecule is CC(=O)Nc1ccc(OS(=O)(=O)c2cnc3n2CCCC3)c(F)c1. The van der Waals surface area contributed by atoms with Gasteiger partial charge in [-0.3, -0.25) is 4.79 Å². The fraction of sp³-hybridized carbons (Fsp3) is 0.333.